The van der Waals surface area contributed by atoms with Gasteiger partial charge < -0.3 is 15.2 Å². The van der Waals surface area contributed by atoms with Crippen molar-refractivity contribution in [3.8, 4) is 5.75 Å². The van der Waals surface area contributed by atoms with Crippen LogP contribution in [0.2, 0.25) is 0 Å². The van der Waals surface area contributed by atoms with E-state index in [2.05, 4.69) is 5.32 Å². The van der Waals surface area contributed by atoms with Crippen molar-refractivity contribution in [3.63, 3.8) is 0 Å². The molecule has 1 saturated heterocycles. The first kappa shape index (κ1) is 19.0. The zero-order chi connectivity index (χ0) is 20.4. The van der Waals surface area contributed by atoms with E-state index >= 15 is 0 Å². The molecule has 3 amide bonds. The fourth-order valence-electron chi connectivity index (χ4n) is 3.68. The second-order valence-corrected chi connectivity index (χ2v) is 7.28. The van der Waals surface area contributed by atoms with Crippen molar-refractivity contribution in [1.82, 2.24) is 10.2 Å². The third-order valence-electron chi connectivity index (χ3n) is 5.18. The van der Waals surface area contributed by atoms with Crippen LogP contribution in [-0.2, 0) is 10.3 Å². The van der Waals surface area contributed by atoms with E-state index in [-0.39, 0.29) is 13.2 Å². The number of fused-ring (bicyclic) bond motifs is 1. The number of aliphatic hydroxyl groups excluding tert-OH is 1. The Morgan fingerprint density at radius 1 is 1.00 bits per heavy atom. The van der Waals surface area contributed by atoms with Gasteiger partial charge in [-0.3, -0.25) is 9.69 Å². The van der Waals surface area contributed by atoms with Crippen molar-refractivity contribution in [3.05, 3.63) is 78.4 Å². The molecule has 0 spiro atoms. The van der Waals surface area contributed by atoms with Gasteiger partial charge in [0, 0.05) is 0 Å². The summed E-state index contributed by atoms with van der Waals surface area (Å²) in [7, 11) is 0. The number of para-hydroxylation sites is 1. The normalized spacial score (nSPS) is 20.0. The van der Waals surface area contributed by atoms with Crippen molar-refractivity contribution in [2.24, 2.45) is 0 Å². The van der Waals surface area contributed by atoms with Crippen LogP contribution in [0.1, 0.15) is 12.5 Å². The molecular weight excluding hydrogens is 368 g/mol. The molecule has 1 heterocycles. The highest BCUT2D eigenvalue weighted by atomic mass is 16.5. The zero-order valence-electron chi connectivity index (χ0n) is 16.0. The molecule has 0 unspecified atom stereocenters. The minimum absolute atomic E-state index is 0.0218. The van der Waals surface area contributed by atoms with Crippen LogP contribution in [0.25, 0.3) is 10.8 Å². The lowest BCUT2D eigenvalue weighted by Gasteiger charge is -2.24. The number of hydrogen-bond acceptors (Lipinski definition) is 4. The standard InChI is InChI=1S/C23H22N2O4/c1-23(20-13-7-9-16-8-5-6-12-19(16)20)21(27)25(22(28)24-23)14-17(26)15-29-18-10-3-2-4-11-18/h2-13,17,26H,14-15H2,1H3,(H,24,28)/t17-,23+/m1/s1. The average Bonchev–Trinajstić information content (AvgIpc) is 2.96. The number of aliphatic hydroxyl groups is 1. The molecule has 6 heteroatoms. The van der Waals surface area contributed by atoms with Gasteiger partial charge in [0.2, 0.25) is 0 Å². The Bertz CT molecular complexity index is 1050. The number of nitrogens with one attached hydrogen (secondary N) is 1. The third kappa shape index (κ3) is 3.54. The van der Waals surface area contributed by atoms with Gasteiger partial charge >= 0.3 is 6.03 Å². The maximum Gasteiger partial charge on any atom is 0.325 e. The number of carbonyl (C=O) groups is 2. The number of imide groups is 1. The molecule has 0 aliphatic carbocycles. The van der Waals surface area contributed by atoms with Gasteiger partial charge in [-0.15, -0.1) is 0 Å². The number of urea groups is 1. The van der Waals surface area contributed by atoms with Gasteiger partial charge in [-0.1, -0.05) is 60.7 Å². The summed E-state index contributed by atoms with van der Waals surface area (Å²) < 4.78 is 5.52. The quantitative estimate of drug-likeness (QED) is 0.634. The topological polar surface area (TPSA) is 78.9 Å². The molecule has 0 aromatic heterocycles. The molecule has 2 N–H and O–H groups in total. The van der Waals surface area contributed by atoms with E-state index in [4.69, 9.17) is 4.74 Å². The average molecular weight is 390 g/mol. The van der Waals surface area contributed by atoms with Gasteiger partial charge in [0.15, 0.2) is 0 Å². The van der Waals surface area contributed by atoms with Crippen molar-refractivity contribution < 1.29 is 19.4 Å². The van der Waals surface area contributed by atoms with Crippen LogP contribution in [0.4, 0.5) is 4.79 Å². The summed E-state index contributed by atoms with van der Waals surface area (Å²) in [6.07, 6.45) is -1.00. The highest BCUT2D eigenvalue weighted by molar-refractivity contribution is 6.09. The maximum absolute atomic E-state index is 13.2. The smallest absolute Gasteiger partial charge is 0.325 e. The Labute approximate surface area is 168 Å². The van der Waals surface area contributed by atoms with E-state index in [1.54, 1.807) is 19.1 Å². The van der Waals surface area contributed by atoms with Crippen LogP contribution >= 0.6 is 0 Å². The van der Waals surface area contributed by atoms with E-state index in [9.17, 15) is 14.7 Å². The molecule has 6 nitrogen and oxygen atoms in total. The molecule has 1 aliphatic heterocycles. The molecule has 0 bridgehead atoms. The second kappa shape index (κ2) is 7.56. The van der Waals surface area contributed by atoms with E-state index in [0.717, 1.165) is 21.2 Å². The van der Waals surface area contributed by atoms with Gasteiger partial charge in [0.25, 0.3) is 5.91 Å². The first-order valence-electron chi connectivity index (χ1n) is 9.47. The van der Waals surface area contributed by atoms with Crippen LogP contribution in [0.3, 0.4) is 0 Å². The van der Waals surface area contributed by atoms with Gasteiger partial charge in [-0.25, -0.2) is 4.79 Å². The summed E-state index contributed by atoms with van der Waals surface area (Å²) in [6.45, 7) is 1.53. The fraction of sp³-hybridized carbons (Fsp3) is 0.217. The monoisotopic (exact) mass is 390 g/mol. The van der Waals surface area contributed by atoms with Gasteiger partial charge in [-0.05, 0) is 35.4 Å². The minimum Gasteiger partial charge on any atom is -0.491 e. The Kier molecular flexibility index (Phi) is 4.94. The molecule has 1 fully saturated rings. The Hall–Kier alpha value is -3.38. The second-order valence-electron chi connectivity index (χ2n) is 7.28. The first-order valence-corrected chi connectivity index (χ1v) is 9.47. The summed E-state index contributed by atoms with van der Waals surface area (Å²) in [5.41, 5.74) is -0.468. The Balaban J connectivity index is 1.52. The molecular formula is C23H22N2O4. The van der Waals surface area contributed by atoms with Gasteiger partial charge in [0.05, 0.1) is 6.54 Å². The number of hydrogen-bond donors (Lipinski definition) is 2. The van der Waals surface area contributed by atoms with E-state index in [1.807, 2.05) is 60.7 Å². The lowest BCUT2D eigenvalue weighted by Crippen LogP contribution is -2.43. The summed E-state index contributed by atoms with van der Waals surface area (Å²) in [5.74, 6) is 0.224. The largest absolute Gasteiger partial charge is 0.491 e. The molecule has 0 radical (unpaired) electrons. The number of rotatable bonds is 6. The third-order valence-corrected chi connectivity index (χ3v) is 5.18. The lowest BCUT2D eigenvalue weighted by atomic mass is 9.88. The maximum atomic E-state index is 13.2. The minimum atomic E-state index is -1.20. The molecule has 4 rings (SSSR count). The molecule has 29 heavy (non-hydrogen) atoms. The molecule has 3 aromatic carbocycles. The van der Waals surface area contributed by atoms with Gasteiger partial charge in [0.1, 0.15) is 24.0 Å². The molecule has 1 aliphatic rings. The fourth-order valence-corrected chi connectivity index (χ4v) is 3.68. The Morgan fingerprint density at radius 2 is 1.69 bits per heavy atom. The van der Waals surface area contributed by atoms with E-state index < -0.39 is 23.6 Å². The zero-order valence-corrected chi connectivity index (χ0v) is 16.0. The predicted molar refractivity (Wildman–Crippen MR) is 109 cm³/mol. The molecule has 0 saturated carbocycles. The number of carbonyl (C=O) groups excluding carboxylic acids is 2. The van der Waals surface area contributed by atoms with Crippen LogP contribution < -0.4 is 10.1 Å². The number of β-amino-alcohol motifs (C(OH)–C–C–N with tert-alkyl or cyclic N) is 1. The van der Waals surface area contributed by atoms with Gasteiger partial charge in [-0.2, -0.15) is 0 Å². The molecule has 148 valence electrons. The summed E-state index contributed by atoms with van der Waals surface area (Å²) in [5, 5.41) is 15.0. The SMILES string of the molecule is C[C@@]1(c2cccc3ccccc23)NC(=O)N(C[C@@H](O)COc2ccccc2)C1=O. The van der Waals surface area contributed by atoms with Crippen molar-refractivity contribution in [2.75, 3.05) is 13.2 Å². The molecule has 3 aromatic rings. The lowest BCUT2D eigenvalue weighted by molar-refractivity contribution is -0.132. The van der Waals surface area contributed by atoms with E-state index in [0.29, 0.717) is 5.75 Å². The van der Waals surface area contributed by atoms with Crippen molar-refractivity contribution >= 4 is 22.7 Å². The first-order chi connectivity index (χ1) is 14.0. The molecule has 2 atom stereocenters. The van der Waals surface area contributed by atoms with E-state index in [1.165, 1.54) is 0 Å². The Morgan fingerprint density at radius 3 is 2.48 bits per heavy atom. The van der Waals surface area contributed by atoms with Crippen molar-refractivity contribution in [2.45, 2.75) is 18.6 Å². The summed E-state index contributed by atoms with van der Waals surface area (Å²) in [4.78, 5) is 26.8. The number of ether oxygens (including phenoxy) is 1. The van der Waals surface area contributed by atoms with Crippen molar-refractivity contribution in [1.29, 1.82) is 0 Å². The number of amides is 3. The number of nitrogens with zero attached hydrogens (tertiary/aromatic N) is 1. The van der Waals surface area contributed by atoms with Crippen LogP contribution in [0.15, 0.2) is 72.8 Å². The predicted octanol–water partition coefficient (Wildman–Crippen LogP) is 3.05. The summed E-state index contributed by atoms with van der Waals surface area (Å²) in [6, 6.07) is 22.0. The van der Waals surface area contributed by atoms with Crippen LogP contribution in [0, 0.1) is 0 Å². The van der Waals surface area contributed by atoms with Crippen LogP contribution in [-0.4, -0.2) is 41.2 Å². The highest BCUT2D eigenvalue weighted by Crippen LogP contribution is 2.33. The number of benzene rings is 3. The van der Waals surface area contributed by atoms with Crippen LogP contribution in [0.5, 0.6) is 5.75 Å². The highest BCUT2D eigenvalue weighted by Gasteiger charge is 2.49. The summed E-state index contributed by atoms with van der Waals surface area (Å²) >= 11 is 0.